The third-order valence-corrected chi connectivity index (χ3v) is 6.59. The Hall–Kier alpha value is -3.79. The Balaban J connectivity index is 1.32. The molecule has 0 unspecified atom stereocenters. The normalized spacial score (nSPS) is 17.2. The van der Waals surface area contributed by atoms with E-state index in [9.17, 15) is 19.2 Å². The van der Waals surface area contributed by atoms with E-state index in [1.165, 1.54) is 7.11 Å². The van der Waals surface area contributed by atoms with Crippen LogP contribution in [0.1, 0.15) is 5.56 Å². The minimum atomic E-state index is -0.490. The van der Waals surface area contributed by atoms with Crippen molar-refractivity contribution in [3.63, 3.8) is 0 Å². The lowest BCUT2D eigenvalue weighted by Gasteiger charge is -2.36. The van der Waals surface area contributed by atoms with E-state index < -0.39 is 17.1 Å². The number of nitrogens with zero attached hydrogens (tertiary/aromatic N) is 3. The van der Waals surface area contributed by atoms with E-state index in [2.05, 4.69) is 9.64 Å². The monoisotopic (exact) mass is 495 g/mol. The average Bonchev–Trinajstić information content (AvgIpc) is 3.15. The molecule has 0 radical (unpaired) electrons. The van der Waals surface area contributed by atoms with Gasteiger partial charge in [-0.05, 0) is 47.7 Å². The van der Waals surface area contributed by atoms with Crippen molar-refractivity contribution in [1.82, 2.24) is 9.80 Å². The van der Waals surface area contributed by atoms with Crippen LogP contribution in [0.3, 0.4) is 0 Å². The molecule has 0 spiro atoms. The summed E-state index contributed by atoms with van der Waals surface area (Å²) in [5.41, 5.74) is 1.79. The molecule has 182 valence electrons. The Morgan fingerprint density at radius 2 is 1.66 bits per heavy atom. The number of carbonyl (C=O) groups is 4. The number of benzene rings is 2. The van der Waals surface area contributed by atoms with E-state index in [0.29, 0.717) is 37.5 Å². The Bertz CT molecular complexity index is 1130. The van der Waals surface area contributed by atoms with Gasteiger partial charge in [-0.25, -0.2) is 4.79 Å². The Kier molecular flexibility index (Phi) is 7.71. The summed E-state index contributed by atoms with van der Waals surface area (Å²) >= 11 is 0.811. The summed E-state index contributed by atoms with van der Waals surface area (Å²) in [5.74, 6) is -0.746. The number of thioether (sulfide) groups is 1. The molecule has 2 aliphatic heterocycles. The van der Waals surface area contributed by atoms with Crippen molar-refractivity contribution >= 4 is 46.5 Å². The summed E-state index contributed by atoms with van der Waals surface area (Å²) in [7, 11) is 1.28. The second-order valence-electron chi connectivity index (χ2n) is 7.91. The van der Waals surface area contributed by atoms with E-state index >= 15 is 0 Å². The number of methoxy groups -OCH3 is 1. The highest BCUT2D eigenvalue weighted by Gasteiger charge is 2.37. The van der Waals surface area contributed by atoms with Crippen LogP contribution in [0.5, 0.6) is 5.75 Å². The van der Waals surface area contributed by atoms with Gasteiger partial charge in [-0.3, -0.25) is 19.3 Å². The van der Waals surface area contributed by atoms with Crippen LogP contribution < -0.4 is 9.64 Å². The third kappa shape index (κ3) is 6.02. The molecule has 4 rings (SSSR count). The number of hydrogen-bond donors (Lipinski definition) is 0. The quantitative estimate of drug-likeness (QED) is 0.427. The molecule has 2 saturated heterocycles. The van der Waals surface area contributed by atoms with Crippen LogP contribution in [-0.2, 0) is 19.1 Å². The second-order valence-corrected chi connectivity index (χ2v) is 8.90. The number of esters is 1. The number of anilines is 1. The molecule has 0 atom stereocenters. The van der Waals surface area contributed by atoms with Gasteiger partial charge in [0.15, 0.2) is 6.61 Å². The predicted octanol–water partition coefficient (Wildman–Crippen LogP) is 2.62. The predicted molar refractivity (Wildman–Crippen MR) is 132 cm³/mol. The largest absolute Gasteiger partial charge is 0.482 e. The summed E-state index contributed by atoms with van der Waals surface area (Å²) < 4.78 is 9.82. The number of piperazine rings is 1. The minimum absolute atomic E-state index is 0.204. The van der Waals surface area contributed by atoms with Crippen LogP contribution in [0.25, 0.3) is 6.08 Å². The number of ether oxygens (including phenoxy) is 2. The van der Waals surface area contributed by atoms with Crippen LogP contribution in [-0.4, -0.2) is 79.3 Å². The maximum Gasteiger partial charge on any atom is 0.343 e. The molecule has 0 bridgehead atoms. The lowest BCUT2D eigenvalue weighted by Crippen LogP contribution is -2.51. The van der Waals surface area contributed by atoms with Gasteiger partial charge in [0.1, 0.15) is 12.3 Å². The lowest BCUT2D eigenvalue weighted by molar-refractivity contribution is -0.143. The number of hydrogen-bond acceptors (Lipinski definition) is 8. The van der Waals surface area contributed by atoms with Crippen LogP contribution in [0.15, 0.2) is 59.5 Å². The molecule has 0 N–H and O–H groups in total. The number of para-hydroxylation sites is 1. The maximum absolute atomic E-state index is 12.8. The first-order chi connectivity index (χ1) is 16.9. The summed E-state index contributed by atoms with van der Waals surface area (Å²) in [6.07, 6.45) is 1.60. The fourth-order valence-electron chi connectivity index (χ4n) is 3.74. The zero-order valence-electron chi connectivity index (χ0n) is 19.2. The van der Waals surface area contributed by atoms with Gasteiger partial charge in [0.2, 0.25) is 5.91 Å². The number of rotatable bonds is 7. The Morgan fingerprint density at radius 1 is 0.971 bits per heavy atom. The van der Waals surface area contributed by atoms with Crippen LogP contribution in [0.4, 0.5) is 10.5 Å². The van der Waals surface area contributed by atoms with Crippen molar-refractivity contribution in [3.8, 4) is 5.75 Å². The van der Waals surface area contributed by atoms with Crippen LogP contribution in [0, 0.1) is 0 Å². The van der Waals surface area contributed by atoms with E-state index in [1.54, 1.807) is 35.2 Å². The van der Waals surface area contributed by atoms with Gasteiger partial charge in [0, 0.05) is 31.9 Å². The summed E-state index contributed by atoms with van der Waals surface area (Å²) in [5, 5.41) is -0.462. The molecule has 0 saturated carbocycles. The number of carbonyl (C=O) groups excluding carboxylic acids is 4. The highest BCUT2D eigenvalue weighted by molar-refractivity contribution is 8.18. The summed E-state index contributed by atoms with van der Waals surface area (Å²) in [4.78, 5) is 54.4. The second kappa shape index (κ2) is 11.1. The van der Waals surface area contributed by atoms with Gasteiger partial charge in [0.25, 0.3) is 11.1 Å². The maximum atomic E-state index is 12.8. The third-order valence-electron chi connectivity index (χ3n) is 5.68. The highest BCUT2D eigenvalue weighted by atomic mass is 32.2. The van der Waals surface area contributed by atoms with Crippen LogP contribution >= 0.6 is 11.8 Å². The molecule has 2 heterocycles. The first-order valence-corrected chi connectivity index (χ1v) is 11.9. The van der Waals surface area contributed by atoms with E-state index in [-0.39, 0.29) is 24.0 Å². The standard InChI is InChI=1S/C25H25N3O6S/c1-33-23(30)17-34-20-9-7-18(8-10-20)15-21-24(31)28(25(32)35-21)16-22(29)27-13-11-26(12-14-27)19-5-3-2-4-6-19/h2-10,15H,11-14,16-17H2,1H3/b21-15-. The van der Waals surface area contributed by atoms with Crippen molar-refractivity contribution in [3.05, 3.63) is 65.1 Å². The molecule has 9 nitrogen and oxygen atoms in total. The van der Waals surface area contributed by atoms with Crippen LogP contribution in [0.2, 0.25) is 0 Å². The Morgan fingerprint density at radius 3 is 2.31 bits per heavy atom. The fourth-order valence-corrected chi connectivity index (χ4v) is 4.58. The first kappa shape index (κ1) is 24.3. The van der Waals surface area contributed by atoms with Gasteiger partial charge in [-0.2, -0.15) is 0 Å². The summed E-state index contributed by atoms with van der Waals surface area (Å²) in [6.45, 7) is 1.97. The molecule has 0 aromatic heterocycles. The molecular weight excluding hydrogens is 470 g/mol. The SMILES string of the molecule is COC(=O)COc1ccc(/C=C2\SC(=O)N(CC(=O)N3CCN(c4ccccc4)CC3)C2=O)cc1. The van der Waals surface area contributed by atoms with Gasteiger partial charge in [-0.15, -0.1) is 0 Å². The molecule has 3 amide bonds. The van der Waals surface area contributed by atoms with Crippen molar-refractivity contribution < 1.29 is 28.7 Å². The smallest absolute Gasteiger partial charge is 0.343 e. The molecule has 10 heteroatoms. The lowest BCUT2D eigenvalue weighted by atomic mass is 10.2. The zero-order valence-corrected chi connectivity index (χ0v) is 20.0. The van der Waals surface area contributed by atoms with Crippen molar-refractivity contribution in [1.29, 1.82) is 0 Å². The molecular formula is C25H25N3O6S. The number of imide groups is 1. The van der Waals surface area contributed by atoms with Gasteiger partial charge < -0.3 is 19.3 Å². The topological polar surface area (TPSA) is 96.5 Å². The van der Waals surface area contributed by atoms with E-state index in [1.807, 2.05) is 30.3 Å². The highest BCUT2D eigenvalue weighted by Crippen LogP contribution is 2.32. The minimum Gasteiger partial charge on any atom is -0.482 e. The summed E-state index contributed by atoms with van der Waals surface area (Å²) in [6, 6.07) is 16.7. The van der Waals surface area contributed by atoms with Crippen molar-refractivity contribution in [2.45, 2.75) is 0 Å². The molecule has 0 aliphatic carbocycles. The van der Waals surface area contributed by atoms with Crippen molar-refractivity contribution in [2.24, 2.45) is 0 Å². The molecule has 2 aromatic carbocycles. The van der Waals surface area contributed by atoms with Gasteiger partial charge in [0.05, 0.1) is 12.0 Å². The molecule has 2 fully saturated rings. The first-order valence-electron chi connectivity index (χ1n) is 11.1. The molecule has 2 aromatic rings. The average molecular weight is 496 g/mol. The van der Waals surface area contributed by atoms with Crippen molar-refractivity contribution in [2.75, 3.05) is 51.3 Å². The van der Waals surface area contributed by atoms with E-state index in [4.69, 9.17) is 4.74 Å². The van der Waals surface area contributed by atoms with Gasteiger partial charge >= 0.3 is 5.97 Å². The fraction of sp³-hybridized carbons (Fsp3) is 0.280. The molecule has 2 aliphatic rings. The number of amides is 3. The van der Waals surface area contributed by atoms with Gasteiger partial charge in [-0.1, -0.05) is 30.3 Å². The molecule has 35 heavy (non-hydrogen) atoms. The zero-order chi connectivity index (χ0) is 24.8. The van der Waals surface area contributed by atoms with E-state index in [0.717, 1.165) is 22.3 Å². The Labute approximate surface area is 207 Å².